The SMILES string of the molecule is C=C.C=CC1=C(C)C=CCC=C1.CC. The Kier molecular flexibility index (Phi) is 12.7. The van der Waals surface area contributed by atoms with Gasteiger partial charge in [-0.2, -0.15) is 0 Å². The molecule has 0 N–H and O–H groups in total. The molecule has 0 spiro atoms. The van der Waals surface area contributed by atoms with Crippen LogP contribution in [0.2, 0.25) is 0 Å². The van der Waals surface area contributed by atoms with Gasteiger partial charge in [0.15, 0.2) is 0 Å². The van der Waals surface area contributed by atoms with Gasteiger partial charge < -0.3 is 0 Å². The van der Waals surface area contributed by atoms with Crippen LogP contribution < -0.4 is 0 Å². The summed E-state index contributed by atoms with van der Waals surface area (Å²) in [4.78, 5) is 0. The minimum atomic E-state index is 1.04. The molecule has 78 valence electrons. The van der Waals surface area contributed by atoms with Crippen molar-refractivity contribution >= 4 is 0 Å². The number of hydrogen-bond acceptors (Lipinski definition) is 0. The molecule has 0 heterocycles. The second-order valence-corrected chi connectivity index (χ2v) is 2.38. The Balaban J connectivity index is 0. The standard InChI is InChI=1S/C10H12.C2H6.C2H4/c1-3-10-8-6-4-5-7-9(10)2;2*1-2/h3,5-8H,1,4H2,2H3;1-2H3;1-2H2. The summed E-state index contributed by atoms with van der Waals surface area (Å²) in [5.74, 6) is 0. The quantitative estimate of drug-likeness (QED) is 0.519. The molecule has 0 aromatic carbocycles. The van der Waals surface area contributed by atoms with Gasteiger partial charge in [-0.05, 0) is 24.5 Å². The first-order chi connectivity index (χ1) is 6.84. The largest absolute Gasteiger partial charge is 0.106 e. The monoisotopic (exact) mass is 190 g/mol. The van der Waals surface area contributed by atoms with E-state index in [9.17, 15) is 0 Å². The Morgan fingerprint density at radius 2 is 1.64 bits per heavy atom. The molecule has 0 aromatic rings. The summed E-state index contributed by atoms with van der Waals surface area (Å²) in [6.07, 6.45) is 11.5. The Bertz CT molecular complexity index is 226. The van der Waals surface area contributed by atoms with Gasteiger partial charge in [0.2, 0.25) is 0 Å². The molecule has 1 rings (SSSR count). The van der Waals surface area contributed by atoms with Gasteiger partial charge in [0.1, 0.15) is 0 Å². The molecule has 0 fully saturated rings. The third-order valence-corrected chi connectivity index (χ3v) is 1.61. The van der Waals surface area contributed by atoms with Crippen LogP contribution in [0, 0.1) is 0 Å². The lowest BCUT2D eigenvalue weighted by Gasteiger charge is -1.94. The Morgan fingerprint density at radius 1 is 1.14 bits per heavy atom. The third-order valence-electron chi connectivity index (χ3n) is 1.61. The zero-order valence-corrected chi connectivity index (χ0v) is 9.72. The van der Waals surface area contributed by atoms with E-state index in [1.165, 1.54) is 11.1 Å². The number of rotatable bonds is 1. The summed E-state index contributed by atoms with van der Waals surface area (Å²) in [7, 11) is 0. The lowest BCUT2D eigenvalue weighted by Crippen LogP contribution is -1.74. The first-order valence-electron chi connectivity index (χ1n) is 5.01. The van der Waals surface area contributed by atoms with Crippen molar-refractivity contribution in [2.75, 3.05) is 0 Å². The highest BCUT2D eigenvalue weighted by Crippen LogP contribution is 2.12. The van der Waals surface area contributed by atoms with Gasteiger partial charge in [0.25, 0.3) is 0 Å². The van der Waals surface area contributed by atoms with Crippen LogP contribution >= 0.6 is 0 Å². The van der Waals surface area contributed by atoms with Crippen molar-refractivity contribution in [3.05, 3.63) is 61.3 Å². The summed E-state index contributed by atoms with van der Waals surface area (Å²) in [6.45, 7) is 15.8. The van der Waals surface area contributed by atoms with Crippen LogP contribution in [0.3, 0.4) is 0 Å². The lowest BCUT2D eigenvalue weighted by atomic mass is 10.1. The van der Waals surface area contributed by atoms with Gasteiger partial charge in [0.05, 0.1) is 0 Å². The Labute approximate surface area is 89.0 Å². The summed E-state index contributed by atoms with van der Waals surface area (Å²) in [5, 5.41) is 0. The molecule has 1 aliphatic rings. The van der Waals surface area contributed by atoms with Crippen LogP contribution in [-0.2, 0) is 0 Å². The zero-order chi connectivity index (χ0) is 11.4. The van der Waals surface area contributed by atoms with E-state index in [-0.39, 0.29) is 0 Å². The Hall–Kier alpha value is -1.30. The maximum Gasteiger partial charge on any atom is -0.0163 e. The van der Waals surface area contributed by atoms with E-state index in [0.29, 0.717) is 0 Å². The fraction of sp³-hybridized carbons (Fsp3) is 0.286. The fourth-order valence-electron chi connectivity index (χ4n) is 0.975. The van der Waals surface area contributed by atoms with Crippen molar-refractivity contribution in [2.24, 2.45) is 0 Å². The lowest BCUT2D eigenvalue weighted by molar-refractivity contribution is 1.40. The highest BCUT2D eigenvalue weighted by atomic mass is 14.0. The van der Waals surface area contributed by atoms with E-state index in [2.05, 4.69) is 51.0 Å². The van der Waals surface area contributed by atoms with Crippen LogP contribution in [0.25, 0.3) is 0 Å². The van der Waals surface area contributed by atoms with Gasteiger partial charge in [0, 0.05) is 0 Å². The van der Waals surface area contributed by atoms with E-state index in [1.807, 2.05) is 19.9 Å². The van der Waals surface area contributed by atoms with Gasteiger partial charge in [-0.25, -0.2) is 0 Å². The highest BCUT2D eigenvalue weighted by molar-refractivity contribution is 5.40. The first kappa shape index (κ1) is 15.2. The van der Waals surface area contributed by atoms with Crippen LogP contribution in [0.5, 0.6) is 0 Å². The minimum Gasteiger partial charge on any atom is -0.106 e. The van der Waals surface area contributed by atoms with Crippen molar-refractivity contribution < 1.29 is 0 Å². The van der Waals surface area contributed by atoms with E-state index in [0.717, 1.165) is 6.42 Å². The van der Waals surface area contributed by atoms with Crippen LogP contribution in [-0.4, -0.2) is 0 Å². The zero-order valence-electron chi connectivity index (χ0n) is 9.72. The predicted molar refractivity (Wildman–Crippen MR) is 68.4 cm³/mol. The average Bonchev–Trinajstić information content (AvgIpc) is 2.48. The summed E-state index contributed by atoms with van der Waals surface area (Å²) >= 11 is 0. The van der Waals surface area contributed by atoms with Crippen molar-refractivity contribution in [3.63, 3.8) is 0 Å². The summed E-state index contributed by atoms with van der Waals surface area (Å²) < 4.78 is 0. The molecule has 0 saturated heterocycles. The molecule has 0 aliphatic heterocycles. The molecule has 0 radical (unpaired) electrons. The molecule has 0 nitrogen and oxygen atoms in total. The van der Waals surface area contributed by atoms with Crippen LogP contribution in [0.1, 0.15) is 27.2 Å². The molecule has 0 aromatic heterocycles. The van der Waals surface area contributed by atoms with E-state index in [1.54, 1.807) is 0 Å². The third kappa shape index (κ3) is 6.24. The molecule has 0 saturated carbocycles. The number of allylic oxidation sites excluding steroid dienone is 7. The molecule has 0 atom stereocenters. The van der Waals surface area contributed by atoms with E-state index >= 15 is 0 Å². The van der Waals surface area contributed by atoms with Gasteiger partial charge >= 0.3 is 0 Å². The maximum atomic E-state index is 3.73. The molecule has 0 unspecified atom stereocenters. The minimum absolute atomic E-state index is 1.04. The summed E-state index contributed by atoms with van der Waals surface area (Å²) in [5.41, 5.74) is 2.53. The van der Waals surface area contributed by atoms with Crippen molar-refractivity contribution in [1.82, 2.24) is 0 Å². The van der Waals surface area contributed by atoms with Crippen LogP contribution in [0.4, 0.5) is 0 Å². The average molecular weight is 190 g/mol. The predicted octanol–water partition coefficient (Wildman–Crippen LogP) is 4.83. The van der Waals surface area contributed by atoms with E-state index < -0.39 is 0 Å². The molecule has 0 heteroatoms. The van der Waals surface area contributed by atoms with Crippen molar-refractivity contribution in [1.29, 1.82) is 0 Å². The topological polar surface area (TPSA) is 0 Å². The first-order valence-corrected chi connectivity index (χ1v) is 5.01. The van der Waals surface area contributed by atoms with E-state index in [4.69, 9.17) is 0 Å². The van der Waals surface area contributed by atoms with Gasteiger partial charge in [-0.3, -0.25) is 0 Å². The van der Waals surface area contributed by atoms with Crippen molar-refractivity contribution in [3.8, 4) is 0 Å². The molecule has 0 amide bonds. The molecule has 1 aliphatic carbocycles. The summed E-state index contributed by atoms with van der Waals surface area (Å²) in [6, 6.07) is 0. The molecule has 0 bridgehead atoms. The molecular weight excluding hydrogens is 168 g/mol. The normalized spacial score (nSPS) is 13.1. The van der Waals surface area contributed by atoms with Crippen LogP contribution in [0.15, 0.2) is 61.3 Å². The highest BCUT2D eigenvalue weighted by Gasteiger charge is 1.92. The fourth-order valence-corrected chi connectivity index (χ4v) is 0.975. The Morgan fingerprint density at radius 3 is 2.14 bits per heavy atom. The molecular formula is C14H22. The number of hydrogen-bond donors (Lipinski definition) is 0. The molecule has 14 heavy (non-hydrogen) atoms. The van der Waals surface area contributed by atoms with Gasteiger partial charge in [-0.1, -0.05) is 50.8 Å². The smallest absolute Gasteiger partial charge is 0.0163 e. The second kappa shape index (κ2) is 11.7. The van der Waals surface area contributed by atoms with Crippen molar-refractivity contribution in [2.45, 2.75) is 27.2 Å². The maximum absolute atomic E-state index is 3.73. The second-order valence-electron chi connectivity index (χ2n) is 2.38. The van der Waals surface area contributed by atoms with Gasteiger partial charge in [-0.15, -0.1) is 13.2 Å².